The minimum atomic E-state index is 0.0828. The fourth-order valence-corrected chi connectivity index (χ4v) is 9.40. The molecule has 3 aliphatic rings. The maximum Gasteiger partial charge on any atom is 0.164 e. The van der Waals surface area contributed by atoms with Crippen molar-refractivity contribution in [3.05, 3.63) is 246 Å². The van der Waals surface area contributed by atoms with Crippen molar-refractivity contribution in [1.29, 1.82) is 0 Å². The minimum absolute atomic E-state index is 0.0828. The Bertz CT molecular complexity index is 3180. The van der Waals surface area contributed by atoms with Crippen molar-refractivity contribution in [2.24, 2.45) is 0 Å². The van der Waals surface area contributed by atoms with Crippen LogP contribution < -0.4 is 0 Å². The largest absolute Gasteiger partial charge is 0.228 e. The lowest BCUT2D eigenvalue weighted by Gasteiger charge is -2.42. The number of hydrogen-bond acceptors (Lipinski definition) is 5. The first-order valence-corrected chi connectivity index (χ1v) is 21.1. The van der Waals surface area contributed by atoms with Gasteiger partial charge in [-0.25, -0.2) is 24.9 Å². The maximum atomic E-state index is 5.13. The summed E-state index contributed by atoms with van der Waals surface area (Å²) in [6, 6.07) is 74.7. The van der Waals surface area contributed by atoms with E-state index < -0.39 is 0 Å². The van der Waals surface area contributed by atoms with Crippen molar-refractivity contribution in [3.8, 4) is 79.2 Å². The van der Waals surface area contributed by atoms with Gasteiger partial charge in [0, 0.05) is 45.2 Å². The average molecular weight is 792 g/mol. The number of benzene rings is 8. The summed E-state index contributed by atoms with van der Waals surface area (Å²) >= 11 is 0. The molecule has 10 aromatic rings. The standard InChI is InChI=1S/C57H37N5/c1-5-16-36(17-6-1)50-35-51(59-54(58-50)37-18-7-2-8-19-37)42-25-15-24-40(32-42)41-28-30-46-48(33-41)52-44-26-13-14-27-45(44)53(46)49-34-43(29-31-47(49)52)57-61-55(38-20-9-3-10-21-38)60-56(62-57)39-22-11-4-12-23-39/h1-35,52-53H. The molecule has 0 fully saturated rings. The number of aromatic nitrogens is 5. The molecule has 0 saturated heterocycles. The third-order valence-corrected chi connectivity index (χ3v) is 12.3. The Morgan fingerprint density at radius 1 is 0.210 bits per heavy atom. The second-order valence-corrected chi connectivity index (χ2v) is 16.0. The van der Waals surface area contributed by atoms with Crippen LogP contribution >= 0.6 is 0 Å². The van der Waals surface area contributed by atoms with E-state index in [0.717, 1.165) is 50.3 Å². The van der Waals surface area contributed by atoms with Gasteiger partial charge >= 0.3 is 0 Å². The summed E-state index contributed by atoms with van der Waals surface area (Å²) in [7, 11) is 0. The van der Waals surface area contributed by atoms with E-state index in [2.05, 4.69) is 152 Å². The Hall–Kier alpha value is -8.15. The van der Waals surface area contributed by atoms with Crippen molar-refractivity contribution in [1.82, 2.24) is 24.9 Å². The van der Waals surface area contributed by atoms with Gasteiger partial charge < -0.3 is 0 Å². The lowest BCUT2D eigenvalue weighted by molar-refractivity contribution is 0.755. The number of hydrogen-bond donors (Lipinski definition) is 0. The SMILES string of the molecule is c1ccc(-c2cc(-c3cccc(-c4ccc5c(c4)C4c6ccccc6C5c5cc(-c6nc(-c7ccccc7)nc(-c7ccccc7)n6)ccc54)c3)nc(-c3ccccc3)n2)cc1. The second-order valence-electron chi connectivity index (χ2n) is 16.0. The van der Waals surface area contributed by atoms with E-state index in [1.165, 1.54) is 38.9 Å². The molecule has 13 rings (SSSR count). The normalized spacial score (nSPS) is 14.5. The van der Waals surface area contributed by atoms with Gasteiger partial charge in [0.2, 0.25) is 0 Å². The van der Waals surface area contributed by atoms with Gasteiger partial charge in [-0.15, -0.1) is 0 Å². The first-order chi connectivity index (χ1) is 30.7. The molecule has 0 saturated carbocycles. The Morgan fingerprint density at radius 3 is 1.10 bits per heavy atom. The molecular formula is C57H37N5. The lowest BCUT2D eigenvalue weighted by Crippen LogP contribution is -2.27. The quantitative estimate of drug-likeness (QED) is 0.161. The summed E-state index contributed by atoms with van der Waals surface area (Å²) in [6.07, 6.45) is 0. The van der Waals surface area contributed by atoms with Gasteiger partial charge in [0.1, 0.15) is 0 Å². The highest BCUT2D eigenvalue weighted by Crippen LogP contribution is 2.56. The Labute approximate surface area is 360 Å². The minimum Gasteiger partial charge on any atom is -0.228 e. The molecule has 290 valence electrons. The van der Waals surface area contributed by atoms with Gasteiger partial charge in [-0.2, -0.15) is 0 Å². The summed E-state index contributed by atoms with van der Waals surface area (Å²) in [5.41, 5.74) is 18.2. The van der Waals surface area contributed by atoms with Gasteiger partial charge in [0.25, 0.3) is 0 Å². The third-order valence-electron chi connectivity index (χ3n) is 12.3. The third kappa shape index (κ3) is 6.22. The monoisotopic (exact) mass is 791 g/mol. The van der Waals surface area contributed by atoms with Gasteiger partial charge in [0.05, 0.1) is 11.4 Å². The van der Waals surface area contributed by atoms with Crippen LogP contribution in [0.3, 0.4) is 0 Å². The molecule has 0 N–H and O–H groups in total. The van der Waals surface area contributed by atoms with Crippen molar-refractivity contribution in [2.75, 3.05) is 0 Å². The molecular weight excluding hydrogens is 755 g/mol. The molecule has 2 atom stereocenters. The fraction of sp³-hybridized carbons (Fsp3) is 0.0351. The molecule has 2 bridgehead atoms. The first kappa shape index (κ1) is 35.8. The van der Waals surface area contributed by atoms with Gasteiger partial charge in [0.15, 0.2) is 23.3 Å². The molecule has 8 aromatic carbocycles. The molecule has 62 heavy (non-hydrogen) atoms. The number of rotatable bonds is 7. The van der Waals surface area contributed by atoms with Crippen molar-refractivity contribution in [3.63, 3.8) is 0 Å². The summed E-state index contributed by atoms with van der Waals surface area (Å²) in [4.78, 5) is 25.3. The van der Waals surface area contributed by atoms with E-state index in [0.29, 0.717) is 23.3 Å². The zero-order valence-corrected chi connectivity index (χ0v) is 33.6. The summed E-state index contributed by atoms with van der Waals surface area (Å²) in [5.74, 6) is 2.88. The number of nitrogens with zero attached hydrogens (tertiary/aromatic N) is 5. The van der Waals surface area contributed by atoms with Crippen LogP contribution in [0.2, 0.25) is 0 Å². The van der Waals surface area contributed by atoms with Gasteiger partial charge in [-0.1, -0.05) is 188 Å². The highest BCUT2D eigenvalue weighted by atomic mass is 15.0. The molecule has 2 aromatic heterocycles. The molecule has 5 heteroatoms. The van der Waals surface area contributed by atoms with E-state index >= 15 is 0 Å². The van der Waals surface area contributed by atoms with Crippen molar-refractivity contribution in [2.45, 2.75) is 11.8 Å². The van der Waals surface area contributed by atoms with E-state index in [9.17, 15) is 0 Å². The summed E-state index contributed by atoms with van der Waals surface area (Å²) in [5, 5.41) is 0. The van der Waals surface area contributed by atoms with E-state index in [1.54, 1.807) is 0 Å². The van der Waals surface area contributed by atoms with E-state index in [-0.39, 0.29) is 11.8 Å². The topological polar surface area (TPSA) is 64.5 Å². The van der Waals surface area contributed by atoms with Crippen LogP contribution in [0, 0.1) is 0 Å². The molecule has 3 aliphatic carbocycles. The van der Waals surface area contributed by atoms with Crippen molar-refractivity contribution < 1.29 is 0 Å². The van der Waals surface area contributed by atoms with E-state index in [4.69, 9.17) is 24.9 Å². The molecule has 0 radical (unpaired) electrons. The van der Waals surface area contributed by atoms with Crippen LogP contribution in [0.1, 0.15) is 45.2 Å². The maximum absolute atomic E-state index is 5.13. The van der Waals surface area contributed by atoms with Crippen LogP contribution in [0.15, 0.2) is 212 Å². The predicted molar refractivity (Wildman–Crippen MR) is 248 cm³/mol. The zero-order chi connectivity index (χ0) is 41.0. The molecule has 2 heterocycles. The Morgan fingerprint density at radius 2 is 0.565 bits per heavy atom. The highest BCUT2D eigenvalue weighted by molar-refractivity contribution is 5.79. The molecule has 2 unspecified atom stereocenters. The Kier molecular flexibility index (Phi) is 8.56. The fourth-order valence-electron chi connectivity index (χ4n) is 9.40. The smallest absolute Gasteiger partial charge is 0.164 e. The molecule has 5 nitrogen and oxygen atoms in total. The average Bonchev–Trinajstić information content (AvgIpc) is 3.36. The highest BCUT2D eigenvalue weighted by Gasteiger charge is 2.41. The van der Waals surface area contributed by atoms with Crippen LogP contribution in [0.4, 0.5) is 0 Å². The lowest BCUT2D eigenvalue weighted by atomic mass is 9.60. The van der Waals surface area contributed by atoms with Crippen LogP contribution in [0.5, 0.6) is 0 Å². The molecule has 0 amide bonds. The summed E-state index contributed by atoms with van der Waals surface area (Å²) in [6.45, 7) is 0. The summed E-state index contributed by atoms with van der Waals surface area (Å²) < 4.78 is 0. The van der Waals surface area contributed by atoms with Crippen molar-refractivity contribution >= 4 is 0 Å². The van der Waals surface area contributed by atoms with Gasteiger partial charge in [-0.3, -0.25) is 0 Å². The second kappa shape index (κ2) is 14.8. The Balaban J connectivity index is 0.946. The van der Waals surface area contributed by atoms with Crippen LogP contribution in [-0.2, 0) is 0 Å². The van der Waals surface area contributed by atoms with Crippen LogP contribution in [0.25, 0.3) is 79.2 Å². The van der Waals surface area contributed by atoms with Gasteiger partial charge in [-0.05, 0) is 68.8 Å². The predicted octanol–water partition coefficient (Wildman–Crippen LogP) is 13.3. The van der Waals surface area contributed by atoms with Crippen LogP contribution in [-0.4, -0.2) is 24.9 Å². The molecule has 0 aliphatic heterocycles. The molecule has 0 spiro atoms. The first-order valence-electron chi connectivity index (χ1n) is 21.1. The zero-order valence-electron chi connectivity index (χ0n) is 33.6. The van der Waals surface area contributed by atoms with E-state index in [1.807, 2.05) is 60.7 Å².